The van der Waals surface area contributed by atoms with Crippen molar-refractivity contribution in [1.29, 1.82) is 0 Å². The molecule has 3 rings (SSSR count). The highest BCUT2D eigenvalue weighted by Crippen LogP contribution is 2.34. The average molecular weight is 369 g/mol. The lowest BCUT2D eigenvalue weighted by Crippen LogP contribution is -2.47. The Hall–Kier alpha value is -1.43. The SMILES string of the molecule is Cc1cc(C(=O)N2CCCCC2CN)sc1-c1ccc(F)cc1.Cl. The molecule has 0 radical (unpaired) electrons. The van der Waals surface area contributed by atoms with Crippen LogP contribution >= 0.6 is 23.7 Å². The van der Waals surface area contributed by atoms with E-state index in [4.69, 9.17) is 5.73 Å². The molecule has 2 N–H and O–H groups in total. The van der Waals surface area contributed by atoms with Crippen LogP contribution in [-0.2, 0) is 0 Å². The summed E-state index contributed by atoms with van der Waals surface area (Å²) in [7, 11) is 0. The fourth-order valence-electron chi connectivity index (χ4n) is 3.13. The Kier molecular flexibility index (Phi) is 6.38. The number of thiophene rings is 1. The Labute approximate surface area is 152 Å². The zero-order valence-corrected chi connectivity index (χ0v) is 15.3. The maximum atomic E-state index is 13.1. The number of carbonyl (C=O) groups excluding carboxylic acids is 1. The standard InChI is InChI=1S/C18H21FN2OS.ClH/c1-12-10-16(18(22)21-9-3-2-4-15(21)11-20)23-17(12)13-5-7-14(19)8-6-13;/h5-8,10,15H,2-4,9,11,20H2,1H3;1H. The van der Waals surface area contributed by atoms with Crippen LogP contribution in [0.15, 0.2) is 30.3 Å². The van der Waals surface area contributed by atoms with Crippen LogP contribution in [0.3, 0.4) is 0 Å². The Balaban J connectivity index is 0.00000208. The largest absolute Gasteiger partial charge is 0.334 e. The minimum absolute atomic E-state index is 0. The second kappa shape index (κ2) is 8.10. The van der Waals surface area contributed by atoms with Gasteiger partial charge in [-0.1, -0.05) is 12.1 Å². The third kappa shape index (κ3) is 3.79. The fourth-order valence-corrected chi connectivity index (χ4v) is 4.26. The topological polar surface area (TPSA) is 46.3 Å². The van der Waals surface area contributed by atoms with Crippen LogP contribution < -0.4 is 5.73 Å². The Morgan fingerprint density at radius 2 is 2.04 bits per heavy atom. The van der Waals surface area contributed by atoms with Crippen molar-refractivity contribution in [2.24, 2.45) is 5.73 Å². The van der Waals surface area contributed by atoms with Crippen LogP contribution in [0, 0.1) is 12.7 Å². The molecular formula is C18H22ClFN2OS. The van der Waals surface area contributed by atoms with Crippen molar-refractivity contribution in [2.75, 3.05) is 13.1 Å². The van der Waals surface area contributed by atoms with Gasteiger partial charge in [0.15, 0.2) is 0 Å². The van der Waals surface area contributed by atoms with E-state index in [1.807, 2.05) is 17.9 Å². The highest BCUT2D eigenvalue weighted by atomic mass is 35.5. The summed E-state index contributed by atoms with van der Waals surface area (Å²) in [6.45, 7) is 3.28. The van der Waals surface area contributed by atoms with Crippen molar-refractivity contribution in [3.8, 4) is 10.4 Å². The number of piperidine rings is 1. The second-order valence-corrected chi connectivity index (χ2v) is 7.07. The van der Waals surface area contributed by atoms with Crippen LogP contribution in [0.1, 0.15) is 34.5 Å². The summed E-state index contributed by atoms with van der Waals surface area (Å²) in [6, 6.07) is 8.50. The molecular weight excluding hydrogens is 347 g/mol. The normalized spacial score (nSPS) is 17.5. The molecule has 2 aromatic rings. The van der Waals surface area contributed by atoms with Crippen molar-refractivity contribution in [1.82, 2.24) is 4.90 Å². The number of hydrogen-bond donors (Lipinski definition) is 1. The number of hydrogen-bond acceptors (Lipinski definition) is 3. The van der Waals surface area contributed by atoms with E-state index < -0.39 is 0 Å². The molecule has 0 bridgehead atoms. The van der Waals surface area contributed by atoms with Gasteiger partial charge in [0, 0.05) is 24.0 Å². The lowest BCUT2D eigenvalue weighted by atomic mass is 10.0. The first kappa shape index (κ1) is 18.9. The minimum Gasteiger partial charge on any atom is -0.334 e. The molecule has 1 atom stereocenters. The van der Waals surface area contributed by atoms with Crippen molar-refractivity contribution >= 4 is 29.7 Å². The first-order valence-corrected chi connectivity index (χ1v) is 8.79. The average Bonchev–Trinajstić information content (AvgIpc) is 2.96. The van der Waals surface area contributed by atoms with Gasteiger partial charge in [-0.05, 0) is 55.5 Å². The summed E-state index contributed by atoms with van der Waals surface area (Å²) >= 11 is 1.48. The number of likely N-dealkylation sites (tertiary alicyclic amines) is 1. The summed E-state index contributed by atoms with van der Waals surface area (Å²) in [5, 5.41) is 0. The number of nitrogens with two attached hydrogens (primary N) is 1. The minimum atomic E-state index is -0.252. The van der Waals surface area contributed by atoms with Gasteiger partial charge in [-0.2, -0.15) is 0 Å². The number of nitrogens with zero attached hydrogens (tertiary/aromatic N) is 1. The lowest BCUT2D eigenvalue weighted by molar-refractivity contribution is 0.0628. The Morgan fingerprint density at radius 3 is 2.71 bits per heavy atom. The highest BCUT2D eigenvalue weighted by Gasteiger charge is 2.27. The molecule has 1 fully saturated rings. The third-order valence-electron chi connectivity index (χ3n) is 4.40. The molecule has 1 unspecified atom stereocenters. The predicted molar refractivity (Wildman–Crippen MR) is 99.4 cm³/mol. The molecule has 3 nitrogen and oxygen atoms in total. The molecule has 6 heteroatoms. The smallest absolute Gasteiger partial charge is 0.264 e. The lowest BCUT2D eigenvalue weighted by Gasteiger charge is -2.34. The third-order valence-corrected chi connectivity index (χ3v) is 5.67. The summed E-state index contributed by atoms with van der Waals surface area (Å²) < 4.78 is 13.1. The van der Waals surface area contributed by atoms with Crippen LogP contribution in [0.2, 0.25) is 0 Å². The van der Waals surface area contributed by atoms with Gasteiger partial charge in [0.2, 0.25) is 0 Å². The summed E-state index contributed by atoms with van der Waals surface area (Å²) in [4.78, 5) is 16.5. The van der Waals surface area contributed by atoms with E-state index in [-0.39, 0.29) is 30.2 Å². The van der Waals surface area contributed by atoms with Gasteiger partial charge < -0.3 is 10.6 Å². The van der Waals surface area contributed by atoms with E-state index >= 15 is 0 Å². The molecule has 0 spiro atoms. The van der Waals surface area contributed by atoms with Crippen LogP contribution in [0.5, 0.6) is 0 Å². The number of halogens is 2. The highest BCUT2D eigenvalue weighted by molar-refractivity contribution is 7.17. The number of benzene rings is 1. The zero-order chi connectivity index (χ0) is 16.4. The van der Waals surface area contributed by atoms with Crippen LogP contribution in [0.4, 0.5) is 4.39 Å². The van der Waals surface area contributed by atoms with Gasteiger partial charge in [-0.15, -0.1) is 23.7 Å². The van der Waals surface area contributed by atoms with Crippen LogP contribution in [-0.4, -0.2) is 29.9 Å². The quantitative estimate of drug-likeness (QED) is 0.880. The monoisotopic (exact) mass is 368 g/mol. The first-order valence-electron chi connectivity index (χ1n) is 7.97. The molecule has 130 valence electrons. The number of aryl methyl sites for hydroxylation is 1. The number of rotatable bonds is 3. The maximum absolute atomic E-state index is 13.1. The van der Waals surface area contributed by atoms with Gasteiger partial charge >= 0.3 is 0 Å². The van der Waals surface area contributed by atoms with Gasteiger partial charge in [-0.3, -0.25) is 4.79 Å². The van der Waals surface area contributed by atoms with Gasteiger partial charge in [0.05, 0.1) is 4.88 Å². The van der Waals surface area contributed by atoms with Gasteiger partial charge in [0.1, 0.15) is 5.82 Å². The molecule has 1 amide bonds. The summed E-state index contributed by atoms with van der Waals surface area (Å²) in [6.07, 6.45) is 3.16. The van der Waals surface area contributed by atoms with Crippen molar-refractivity contribution < 1.29 is 9.18 Å². The van der Waals surface area contributed by atoms with E-state index in [1.54, 1.807) is 12.1 Å². The van der Waals surface area contributed by atoms with E-state index in [0.717, 1.165) is 46.7 Å². The zero-order valence-electron chi connectivity index (χ0n) is 13.6. The number of carbonyl (C=O) groups is 1. The van der Waals surface area contributed by atoms with Crippen molar-refractivity contribution in [3.63, 3.8) is 0 Å². The molecule has 24 heavy (non-hydrogen) atoms. The fraction of sp³-hybridized carbons (Fsp3) is 0.389. The molecule has 0 saturated carbocycles. The molecule has 1 aliphatic rings. The molecule has 1 aliphatic heterocycles. The van der Waals surface area contributed by atoms with Crippen molar-refractivity contribution in [2.45, 2.75) is 32.2 Å². The Morgan fingerprint density at radius 1 is 1.33 bits per heavy atom. The van der Waals surface area contributed by atoms with E-state index in [2.05, 4.69) is 0 Å². The molecule has 1 saturated heterocycles. The van der Waals surface area contributed by atoms with E-state index in [9.17, 15) is 9.18 Å². The van der Waals surface area contributed by atoms with Crippen LogP contribution in [0.25, 0.3) is 10.4 Å². The molecule has 1 aromatic carbocycles. The van der Waals surface area contributed by atoms with Crippen molar-refractivity contribution in [3.05, 3.63) is 46.6 Å². The summed E-state index contributed by atoms with van der Waals surface area (Å²) in [5.41, 5.74) is 7.82. The first-order chi connectivity index (χ1) is 11.1. The maximum Gasteiger partial charge on any atom is 0.264 e. The summed E-state index contributed by atoms with van der Waals surface area (Å²) in [5.74, 6) is -0.181. The van der Waals surface area contributed by atoms with Gasteiger partial charge in [0.25, 0.3) is 5.91 Å². The van der Waals surface area contributed by atoms with Gasteiger partial charge in [-0.25, -0.2) is 4.39 Å². The van der Waals surface area contributed by atoms with E-state index in [0.29, 0.717) is 6.54 Å². The molecule has 1 aromatic heterocycles. The van der Waals surface area contributed by atoms with E-state index in [1.165, 1.54) is 23.5 Å². The molecule has 2 heterocycles. The second-order valence-electron chi connectivity index (χ2n) is 6.01. The predicted octanol–water partition coefficient (Wildman–Crippen LogP) is 4.24. The Bertz CT molecular complexity index is 702. The number of amides is 1. The molecule has 0 aliphatic carbocycles.